The van der Waals surface area contributed by atoms with E-state index >= 15 is 0 Å². The summed E-state index contributed by atoms with van der Waals surface area (Å²) in [6.07, 6.45) is 1.39. The van der Waals surface area contributed by atoms with Crippen molar-refractivity contribution in [2.75, 3.05) is 19.7 Å². The number of carbonyl (C=O) groups excluding carboxylic acids is 1. The average molecular weight is 325 g/mol. The Bertz CT molecular complexity index is 536. The third-order valence-corrected chi connectivity index (χ3v) is 3.58. The van der Waals surface area contributed by atoms with Crippen LogP contribution >= 0.6 is 0 Å². The SMILES string of the molecule is CC(C)(C)OC(=O)N1CCC[C@H](COc2c(O)cccc2F)C1. The van der Waals surface area contributed by atoms with Crippen LogP contribution < -0.4 is 4.74 Å². The maximum Gasteiger partial charge on any atom is 0.410 e. The number of phenolic OH excluding ortho intramolecular Hbond substituents is 1. The van der Waals surface area contributed by atoms with Crippen LogP contribution in [-0.2, 0) is 4.74 Å². The van der Waals surface area contributed by atoms with Crippen molar-refractivity contribution in [3.05, 3.63) is 24.0 Å². The fourth-order valence-electron chi connectivity index (χ4n) is 2.53. The molecule has 2 rings (SSSR count). The summed E-state index contributed by atoms with van der Waals surface area (Å²) in [4.78, 5) is 13.8. The number of ether oxygens (including phenoxy) is 2. The van der Waals surface area contributed by atoms with Crippen molar-refractivity contribution in [1.29, 1.82) is 0 Å². The van der Waals surface area contributed by atoms with E-state index in [-0.39, 0.29) is 30.1 Å². The van der Waals surface area contributed by atoms with Gasteiger partial charge in [-0.05, 0) is 45.7 Å². The number of nitrogens with zero attached hydrogens (tertiary/aromatic N) is 1. The number of hydrogen-bond acceptors (Lipinski definition) is 4. The topological polar surface area (TPSA) is 59.0 Å². The van der Waals surface area contributed by atoms with Crippen LogP contribution in [0.25, 0.3) is 0 Å². The number of halogens is 1. The predicted octanol–water partition coefficient (Wildman–Crippen LogP) is 3.56. The molecule has 128 valence electrons. The summed E-state index contributed by atoms with van der Waals surface area (Å²) >= 11 is 0. The minimum absolute atomic E-state index is 0.0790. The number of piperidine rings is 1. The molecule has 0 aliphatic carbocycles. The van der Waals surface area contributed by atoms with Crippen LogP contribution in [0.5, 0.6) is 11.5 Å². The van der Waals surface area contributed by atoms with E-state index in [9.17, 15) is 14.3 Å². The molecule has 6 heteroatoms. The number of benzene rings is 1. The van der Waals surface area contributed by atoms with E-state index < -0.39 is 11.4 Å². The molecule has 1 fully saturated rings. The van der Waals surface area contributed by atoms with Crippen molar-refractivity contribution in [1.82, 2.24) is 4.90 Å². The summed E-state index contributed by atoms with van der Waals surface area (Å²) in [6.45, 7) is 6.89. The number of phenols is 1. The minimum atomic E-state index is -0.593. The van der Waals surface area contributed by atoms with Gasteiger partial charge < -0.3 is 19.5 Å². The molecule has 1 aromatic rings. The van der Waals surface area contributed by atoms with Crippen molar-refractivity contribution < 1.29 is 23.8 Å². The van der Waals surface area contributed by atoms with Crippen LogP contribution in [0.1, 0.15) is 33.6 Å². The average Bonchev–Trinajstić information content (AvgIpc) is 2.45. The Morgan fingerprint density at radius 3 is 2.83 bits per heavy atom. The highest BCUT2D eigenvalue weighted by Gasteiger charge is 2.28. The van der Waals surface area contributed by atoms with Gasteiger partial charge in [-0.25, -0.2) is 9.18 Å². The largest absolute Gasteiger partial charge is 0.504 e. The van der Waals surface area contributed by atoms with Gasteiger partial charge in [-0.2, -0.15) is 0 Å². The molecule has 1 atom stereocenters. The lowest BCUT2D eigenvalue weighted by Gasteiger charge is -2.34. The molecule has 1 N–H and O–H groups in total. The molecule has 0 saturated carbocycles. The Kier molecular flexibility index (Phi) is 5.34. The van der Waals surface area contributed by atoms with Gasteiger partial charge in [0.15, 0.2) is 17.3 Å². The number of carbonyl (C=O) groups is 1. The van der Waals surface area contributed by atoms with Gasteiger partial charge in [-0.3, -0.25) is 0 Å². The van der Waals surface area contributed by atoms with Crippen LogP contribution in [0.15, 0.2) is 18.2 Å². The second kappa shape index (κ2) is 7.06. The summed E-state index contributed by atoms with van der Waals surface area (Å²) in [5.74, 6) is -0.869. The Hall–Kier alpha value is -1.98. The fraction of sp³-hybridized carbons (Fsp3) is 0.588. The van der Waals surface area contributed by atoms with Gasteiger partial charge in [-0.1, -0.05) is 6.07 Å². The lowest BCUT2D eigenvalue weighted by Crippen LogP contribution is -2.44. The summed E-state index contributed by atoms with van der Waals surface area (Å²) in [6, 6.07) is 4.04. The molecule has 1 amide bonds. The van der Waals surface area contributed by atoms with Gasteiger partial charge in [0.25, 0.3) is 0 Å². The van der Waals surface area contributed by atoms with Gasteiger partial charge in [0.2, 0.25) is 0 Å². The molecule has 0 radical (unpaired) electrons. The van der Waals surface area contributed by atoms with E-state index in [0.29, 0.717) is 13.1 Å². The third-order valence-electron chi connectivity index (χ3n) is 3.58. The number of rotatable bonds is 3. The highest BCUT2D eigenvalue weighted by atomic mass is 19.1. The van der Waals surface area contributed by atoms with Crippen LogP contribution in [0, 0.1) is 11.7 Å². The molecule has 1 heterocycles. The van der Waals surface area contributed by atoms with Crippen LogP contribution in [0.2, 0.25) is 0 Å². The molecule has 1 aromatic carbocycles. The first kappa shape index (κ1) is 17.4. The number of hydrogen-bond donors (Lipinski definition) is 1. The molecular formula is C17H24FNO4. The molecule has 23 heavy (non-hydrogen) atoms. The lowest BCUT2D eigenvalue weighted by molar-refractivity contribution is 0.0137. The van der Waals surface area contributed by atoms with Gasteiger partial charge in [0.1, 0.15) is 5.60 Å². The Balaban J connectivity index is 1.90. The molecule has 1 aliphatic rings. The number of para-hydroxylation sites is 1. The van der Waals surface area contributed by atoms with E-state index in [1.54, 1.807) is 4.90 Å². The van der Waals surface area contributed by atoms with E-state index in [4.69, 9.17) is 9.47 Å². The highest BCUT2D eigenvalue weighted by molar-refractivity contribution is 5.68. The van der Waals surface area contributed by atoms with Gasteiger partial charge in [0, 0.05) is 19.0 Å². The Morgan fingerprint density at radius 2 is 2.17 bits per heavy atom. The molecule has 1 aliphatic heterocycles. The zero-order valence-corrected chi connectivity index (χ0v) is 13.8. The molecule has 0 spiro atoms. The lowest BCUT2D eigenvalue weighted by atomic mass is 9.99. The molecule has 0 unspecified atom stereocenters. The van der Waals surface area contributed by atoms with Crippen molar-refractivity contribution in [3.63, 3.8) is 0 Å². The van der Waals surface area contributed by atoms with Crippen LogP contribution in [-0.4, -0.2) is 41.4 Å². The summed E-state index contributed by atoms with van der Waals surface area (Å²) in [5.41, 5.74) is -0.528. The molecular weight excluding hydrogens is 301 g/mol. The van der Waals surface area contributed by atoms with Gasteiger partial charge in [-0.15, -0.1) is 0 Å². The quantitative estimate of drug-likeness (QED) is 0.923. The number of likely N-dealkylation sites (tertiary alicyclic amines) is 1. The second-order valence-electron chi connectivity index (χ2n) is 6.83. The zero-order valence-electron chi connectivity index (χ0n) is 13.8. The maximum absolute atomic E-state index is 13.6. The summed E-state index contributed by atoms with van der Waals surface area (Å²) in [5, 5.41) is 9.64. The molecule has 0 bridgehead atoms. The normalized spacial score (nSPS) is 18.6. The Morgan fingerprint density at radius 1 is 1.43 bits per heavy atom. The van der Waals surface area contributed by atoms with E-state index in [1.165, 1.54) is 18.2 Å². The van der Waals surface area contributed by atoms with Crippen molar-refractivity contribution >= 4 is 6.09 Å². The Labute approximate surface area is 136 Å². The van der Waals surface area contributed by atoms with Crippen LogP contribution in [0.3, 0.4) is 0 Å². The number of amides is 1. The van der Waals surface area contributed by atoms with Gasteiger partial charge >= 0.3 is 6.09 Å². The minimum Gasteiger partial charge on any atom is -0.504 e. The van der Waals surface area contributed by atoms with E-state index in [1.807, 2.05) is 20.8 Å². The van der Waals surface area contributed by atoms with Crippen molar-refractivity contribution in [3.8, 4) is 11.5 Å². The second-order valence-corrected chi connectivity index (χ2v) is 6.83. The molecule has 5 nitrogen and oxygen atoms in total. The standard InChI is InChI=1S/C17H24FNO4/c1-17(2,3)23-16(21)19-9-5-6-12(10-19)11-22-15-13(18)7-4-8-14(15)20/h4,7-8,12,20H,5-6,9-11H2,1-3H3/t12-/m0/s1. The number of aromatic hydroxyl groups is 1. The summed E-state index contributed by atoms with van der Waals surface area (Å²) < 4.78 is 24.4. The maximum atomic E-state index is 13.6. The fourth-order valence-corrected chi connectivity index (χ4v) is 2.53. The van der Waals surface area contributed by atoms with Gasteiger partial charge in [0.05, 0.1) is 6.61 Å². The smallest absolute Gasteiger partial charge is 0.410 e. The van der Waals surface area contributed by atoms with E-state index in [0.717, 1.165) is 12.8 Å². The first-order valence-electron chi connectivity index (χ1n) is 7.84. The first-order valence-corrected chi connectivity index (χ1v) is 7.84. The van der Waals surface area contributed by atoms with Crippen LogP contribution in [0.4, 0.5) is 9.18 Å². The van der Waals surface area contributed by atoms with Crippen molar-refractivity contribution in [2.45, 2.75) is 39.2 Å². The molecule has 0 aromatic heterocycles. The third kappa shape index (κ3) is 5.01. The first-order chi connectivity index (χ1) is 10.8. The zero-order chi connectivity index (χ0) is 17.0. The summed E-state index contributed by atoms with van der Waals surface area (Å²) in [7, 11) is 0. The van der Waals surface area contributed by atoms with E-state index in [2.05, 4.69) is 0 Å². The van der Waals surface area contributed by atoms with Crippen molar-refractivity contribution in [2.24, 2.45) is 5.92 Å². The molecule has 1 saturated heterocycles. The highest BCUT2D eigenvalue weighted by Crippen LogP contribution is 2.30. The predicted molar refractivity (Wildman–Crippen MR) is 84.1 cm³/mol. The monoisotopic (exact) mass is 325 g/mol.